The van der Waals surface area contributed by atoms with Gasteiger partial charge in [0, 0.05) is 6.92 Å². The van der Waals surface area contributed by atoms with Crippen LogP contribution in [0.3, 0.4) is 0 Å². The van der Waals surface area contributed by atoms with Crippen molar-refractivity contribution in [3.8, 4) is 0 Å². The largest absolute Gasteiger partial charge is 0.442 e. The van der Waals surface area contributed by atoms with Crippen molar-refractivity contribution in [3.63, 3.8) is 0 Å². The van der Waals surface area contributed by atoms with Gasteiger partial charge >= 0.3 is 0 Å². The Bertz CT molecular complexity index is 373. The van der Waals surface area contributed by atoms with E-state index in [0.29, 0.717) is 11.3 Å². The molecule has 0 bridgehead atoms. The first kappa shape index (κ1) is 7.79. The number of nitrogens with zero attached hydrogens (tertiary/aromatic N) is 1. The molecule has 2 nitrogen and oxygen atoms in total. The molecule has 58 valence electrons. The van der Waals surface area contributed by atoms with Crippen molar-refractivity contribution in [2.45, 2.75) is 13.8 Å². The number of allylic oxidation sites excluding steroid dienone is 1. The molecule has 1 aromatic heterocycles. The fourth-order valence-corrected chi connectivity index (χ4v) is 0.832. The molecule has 0 fully saturated rings. The fourth-order valence-electron chi connectivity index (χ4n) is 0.832. The molecule has 0 aliphatic rings. The van der Waals surface area contributed by atoms with E-state index in [2.05, 4.69) is 18.1 Å². The zero-order chi connectivity index (χ0) is 8.43. The maximum atomic E-state index is 5.12. The maximum Gasteiger partial charge on any atom is 0.192 e. The fraction of sp³-hybridized carbons (Fsp3) is 0.222. The monoisotopic (exact) mass is 149 g/mol. The molecule has 0 spiro atoms. The molecule has 0 aliphatic carbocycles. The average molecular weight is 149 g/mol. The second-order valence-corrected chi connectivity index (χ2v) is 2.53. The molecule has 0 saturated carbocycles. The minimum absolute atomic E-state index is 0.602. The third-order valence-electron chi connectivity index (χ3n) is 1.22. The summed E-state index contributed by atoms with van der Waals surface area (Å²) >= 11 is 0. The summed E-state index contributed by atoms with van der Waals surface area (Å²) in [6.45, 7) is 11.1. The quantitative estimate of drug-likeness (QED) is 0.589. The van der Waals surface area contributed by atoms with Crippen molar-refractivity contribution < 1.29 is 4.42 Å². The molecule has 0 aromatic carbocycles. The van der Waals surface area contributed by atoms with Gasteiger partial charge in [-0.15, -0.1) is 0 Å². The lowest BCUT2D eigenvalue weighted by molar-refractivity contribution is 0.493. The van der Waals surface area contributed by atoms with Gasteiger partial charge in [0.25, 0.3) is 0 Å². The maximum absolute atomic E-state index is 5.12. The number of oxazole rings is 1. The minimum Gasteiger partial charge on any atom is -0.442 e. The third-order valence-corrected chi connectivity index (χ3v) is 1.22. The summed E-state index contributed by atoms with van der Waals surface area (Å²) in [4.78, 5) is 4.10. The first-order valence-electron chi connectivity index (χ1n) is 3.39. The van der Waals surface area contributed by atoms with E-state index in [-0.39, 0.29) is 0 Å². The van der Waals surface area contributed by atoms with Gasteiger partial charge in [-0.2, -0.15) is 0 Å². The zero-order valence-corrected chi connectivity index (χ0v) is 6.85. The van der Waals surface area contributed by atoms with Crippen LogP contribution in [0, 0.1) is 6.92 Å². The van der Waals surface area contributed by atoms with Gasteiger partial charge in [-0.05, 0) is 13.0 Å². The van der Waals surface area contributed by atoms with Crippen LogP contribution in [0.5, 0.6) is 0 Å². The van der Waals surface area contributed by atoms with Gasteiger partial charge in [0.1, 0.15) is 10.8 Å². The van der Waals surface area contributed by atoms with Crippen LogP contribution in [0.2, 0.25) is 0 Å². The van der Waals surface area contributed by atoms with Gasteiger partial charge in [-0.3, -0.25) is 0 Å². The summed E-state index contributed by atoms with van der Waals surface area (Å²) in [5, 5.41) is 0.773. The second kappa shape index (κ2) is 2.74. The molecule has 0 N–H and O–H groups in total. The number of aromatic nitrogens is 1. The Balaban J connectivity index is 3.35. The highest BCUT2D eigenvalue weighted by molar-refractivity contribution is 5.40. The summed E-state index contributed by atoms with van der Waals surface area (Å²) in [5.41, 5.74) is 1.55. The smallest absolute Gasteiger partial charge is 0.192 e. The van der Waals surface area contributed by atoms with Crippen LogP contribution in [0.25, 0.3) is 12.7 Å². The SMILES string of the molecule is C=C(C)/C=c1/nc(C)oc1=C. The highest BCUT2D eigenvalue weighted by atomic mass is 16.3. The van der Waals surface area contributed by atoms with Gasteiger partial charge in [0.05, 0.1) is 0 Å². The van der Waals surface area contributed by atoms with Crippen LogP contribution in [0.1, 0.15) is 12.8 Å². The van der Waals surface area contributed by atoms with Crippen molar-refractivity contribution in [2.75, 3.05) is 0 Å². The molecule has 0 saturated heterocycles. The normalized spacial score (nSPS) is 12.0. The lowest BCUT2D eigenvalue weighted by Gasteiger charge is -1.78. The minimum atomic E-state index is 0.602. The molecule has 0 aliphatic heterocycles. The van der Waals surface area contributed by atoms with Crippen molar-refractivity contribution in [3.05, 3.63) is 28.8 Å². The van der Waals surface area contributed by atoms with Crippen LogP contribution in [0.4, 0.5) is 0 Å². The van der Waals surface area contributed by atoms with Crippen LogP contribution < -0.4 is 10.8 Å². The number of rotatable bonds is 1. The summed E-state index contributed by atoms with van der Waals surface area (Å²) in [7, 11) is 0. The van der Waals surface area contributed by atoms with E-state index in [9.17, 15) is 0 Å². The van der Waals surface area contributed by atoms with E-state index in [4.69, 9.17) is 4.42 Å². The predicted molar refractivity (Wildman–Crippen MR) is 45.3 cm³/mol. The number of hydrogen-bond acceptors (Lipinski definition) is 2. The zero-order valence-electron chi connectivity index (χ0n) is 6.85. The van der Waals surface area contributed by atoms with Gasteiger partial charge in [0.15, 0.2) is 5.89 Å². The van der Waals surface area contributed by atoms with E-state index < -0.39 is 0 Å². The van der Waals surface area contributed by atoms with Gasteiger partial charge in [-0.25, -0.2) is 4.98 Å². The molecule has 11 heavy (non-hydrogen) atoms. The van der Waals surface area contributed by atoms with E-state index in [1.165, 1.54) is 0 Å². The average Bonchev–Trinajstić information content (AvgIpc) is 2.09. The van der Waals surface area contributed by atoms with Crippen LogP contribution in [-0.4, -0.2) is 4.98 Å². The first-order valence-corrected chi connectivity index (χ1v) is 3.39. The molecule has 0 radical (unpaired) electrons. The van der Waals surface area contributed by atoms with E-state index in [1.54, 1.807) is 6.92 Å². The Morgan fingerprint density at radius 3 is 2.64 bits per heavy atom. The van der Waals surface area contributed by atoms with Gasteiger partial charge in [0.2, 0.25) is 0 Å². The standard InChI is InChI=1S/C9H11NO/c1-6(2)5-9-7(3)11-8(4)10-9/h5H,1,3H2,2,4H3/b9-5+. The molecule has 2 heteroatoms. The van der Waals surface area contributed by atoms with Gasteiger partial charge in [-0.1, -0.05) is 18.7 Å². The lowest BCUT2D eigenvalue weighted by atomic mass is 10.3. The highest BCUT2D eigenvalue weighted by Crippen LogP contribution is 1.85. The lowest BCUT2D eigenvalue weighted by Crippen LogP contribution is -2.20. The molecule has 0 atom stereocenters. The van der Waals surface area contributed by atoms with Crippen molar-refractivity contribution in [2.24, 2.45) is 0 Å². The summed E-state index contributed by atoms with van der Waals surface area (Å²) in [6, 6.07) is 0. The van der Waals surface area contributed by atoms with Crippen LogP contribution in [-0.2, 0) is 0 Å². The summed E-state index contributed by atoms with van der Waals surface area (Å²) in [6.07, 6.45) is 1.85. The Kier molecular flexibility index (Phi) is 1.94. The number of hydrogen-bond donors (Lipinski definition) is 0. The number of aryl methyl sites for hydroxylation is 1. The predicted octanol–water partition coefficient (Wildman–Crippen LogP) is 0.750. The highest BCUT2D eigenvalue weighted by Gasteiger charge is 1.91. The Hall–Kier alpha value is -1.31. The van der Waals surface area contributed by atoms with Crippen molar-refractivity contribution in [1.29, 1.82) is 0 Å². The van der Waals surface area contributed by atoms with E-state index in [1.807, 2.05) is 13.0 Å². The third kappa shape index (κ3) is 1.80. The van der Waals surface area contributed by atoms with Crippen LogP contribution >= 0.6 is 0 Å². The van der Waals surface area contributed by atoms with Crippen molar-refractivity contribution in [1.82, 2.24) is 4.98 Å². The molecule has 1 heterocycles. The topological polar surface area (TPSA) is 26.0 Å². The first-order chi connectivity index (χ1) is 5.09. The van der Waals surface area contributed by atoms with Crippen LogP contribution in [0.15, 0.2) is 16.6 Å². The molecule has 1 rings (SSSR count). The molecule has 1 aromatic rings. The van der Waals surface area contributed by atoms with Crippen molar-refractivity contribution >= 4 is 12.7 Å². The Labute approximate surface area is 65.6 Å². The molecule has 0 amide bonds. The van der Waals surface area contributed by atoms with Gasteiger partial charge < -0.3 is 4.42 Å². The molecular formula is C9H11NO. The Morgan fingerprint density at radius 1 is 1.64 bits per heavy atom. The summed E-state index contributed by atoms with van der Waals surface area (Å²) < 4.78 is 5.12. The molecular weight excluding hydrogens is 138 g/mol. The second-order valence-electron chi connectivity index (χ2n) is 2.53. The van der Waals surface area contributed by atoms with E-state index >= 15 is 0 Å². The van der Waals surface area contributed by atoms with E-state index in [0.717, 1.165) is 10.9 Å². The Morgan fingerprint density at radius 2 is 2.27 bits per heavy atom. The summed E-state index contributed by atoms with van der Waals surface area (Å²) in [5.74, 6) is 0.641. The molecule has 0 unspecified atom stereocenters.